The van der Waals surface area contributed by atoms with Crippen LogP contribution in [0.15, 0.2) is 0 Å². The first-order chi connectivity index (χ1) is 13.1. The van der Waals surface area contributed by atoms with Crippen LogP contribution in [0.4, 0.5) is 22.0 Å². The molecule has 0 heterocycles. The molecule has 0 aromatic heterocycles. The molecule has 0 rings (SSSR count). The topological polar surface area (TPSA) is 52.6 Å². The van der Waals surface area contributed by atoms with Crippen molar-refractivity contribution in [2.45, 2.75) is 97.8 Å². The molecule has 0 saturated carbocycles. The standard InChI is InChI=1S/C20H33F5O4/c1-7-14(16(27)28-13-19(21,22)20(23,24)25)18(9-3,10-4)29-15(26)11-12-17(5,6)8-2/h14H,7-13H2,1-6H3. The molecule has 0 saturated heterocycles. The molecule has 0 amide bonds. The molecule has 0 aliphatic carbocycles. The maximum absolute atomic E-state index is 13.1. The first-order valence-electron chi connectivity index (χ1n) is 9.94. The Morgan fingerprint density at radius 1 is 0.897 bits per heavy atom. The molecule has 4 nitrogen and oxygen atoms in total. The highest BCUT2D eigenvalue weighted by Crippen LogP contribution is 2.38. The van der Waals surface area contributed by atoms with E-state index in [9.17, 15) is 31.5 Å². The Bertz CT molecular complexity index is 539. The van der Waals surface area contributed by atoms with Crippen LogP contribution >= 0.6 is 0 Å². The summed E-state index contributed by atoms with van der Waals surface area (Å²) in [4.78, 5) is 24.7. The number of carbonyl (C=O) groups excluding carboxylic acids is 2. The molecule has 9 heteroatoms. The number of rotatable bonds is 12. The smallest absolute Gasteiger partial charge is 0.456 e. The Labute approximate surface area is 169 Å². The molecule has 0 fully saturated rings. The fourth-order valence-corrected chi connectivity index (χ4v) is 2.95. The highest BCUT2D eigenvalue weighted by molar-refractivity contribution is 5.76. The average Bonchev–Trinajstić information content (AvgIpc) is 2.63. The van der Waals surface area contributed by atoms with Gasteiger partial charge in [-0.25, -0.2) is 0 Å². The fraction of sp³-hybridized carbons (Fsp3) is 0.900. The van der Waals surface area contributed by atoms with Crippen molar-refractivity contribution in [3.63, 3.8) is 0 Å². The van der Waals surface area contributed by atoms with Gasteiger partial charge in [-0.1, -0.05) is 48.0 Å². The summed E-state index contributed by atoms with van der Waals surface area (Å²) in [5.74, 6) is -8.07. The lowest BCUT2D eigenvalue weighted by Crippen LogP contribution is -2.48. The van der Waals surface area contributed by atoms with E-state index in [1.807, 2.05) is 20.8 Å². The third kappa shape index (κ3) is 7.74. The van der Waals surface area contributed by atoms with E-state index in [1.165, 1.54) is 0 Å². The van der Waals surface area contributed by atoms with Crippen LogP contribution in [0.5, 0.6) is 0 Å². The van der Waals surface area contributed by atoms with Gasteiger partial charge >= 0.3 is 24.0 Å². The second kappa shape index (κ2) is 10.6. The van der Waals surface area contributed by atoms with Gasteiger partial charge in [-0.3, -0.25) is 9.59 Å². The van der Waals surface area contributed by atoms with E-state index in [1.54, 1.807) is 20.8 Å². The Morgan fingerprint density at radius 3 is 1.79 bits per heavy atom. The summed E-state index contributed by atoms with van der Waals surface area (Å²) < 4.78 is 73.0. The molecule has 0 aromatic rings. The maximum Gasteiger partial charge on any atom is 0.456 e. The summed E-state index contributed by atoms with van der Waals surface area (Å²) in [5, 5.41) is 0. The van der Waals surface area contributed by atoms with Crippen molar-refractivity contribution in [1.82, 2.24) is 0 Å². The van der Waals surface area contributed by atoms with Crippen molar-refractivity contribution in [3.05, 3.63) is 0 Å². The average molecular weight is 432 g/mol. The van der Waals surface area contributed by atoms with Crippen molar-refractivity contribution in [1.29, 1.82) is 0 Å². The van der Waals surface area contributed by atoms with Crippen molar-refractivity contribution in [2.24, 2.45) is 11.3 Å². The third-order valence-corrected chi connectivity index (χ3v) is 5.62. The number of hydrogen-bond donors (Lipinski definition) is 0. The van der Waals surface area contributed by atoms with E-state index in [4.69, 9.17) is 4.74 Å². The quantitative estimate of drug-likeness (QED) is 0.277. The molecule has 0 radical (unpaired) electrons. The lowest BCUT2D eigenvalue weighted by Gasteiger charge is -2.37. The van der Waals surface area contributed by atoms with Crippen LogP contribution in [0.3, 0.4) is 0 Å². The lowest BCUT2D eigenvalue weighted by molar-refractivity contribution is -0.295. The summed E-state index contributed by atoms with van der Waals surface area (Å²) in [6.45, 7) is 8.77. The molecule has 1 atom stereocenters. The van der Waals surface area contributed by atoms with Gasteiger partial charge in [0.25, 0.3) is 0 Å². The van der Waals surface area contributed by atoms with Crippen LogP contribution in [0.2, 0.25) is 0 Å². The number of alkyl halides is 5. The molecule has 172 valence electrons. The van der Waals surface area contributed by atoms with Crippen molar-refractivity contribution < 1.29 is 41.0 Å². The Kier molecular flexibility index (Phi) is 10.1. The number of carbonyl (C=O) groups is 2. The van der Waals surface area contributed by atoms with Gasteiger partial charge in [0.05, 0.1) is 5.92 Å². The zero-order chi connectivity index (χ0) is 23.1. The minimum absolute atomic E-state index is 0.0613. The number of hydrogen-bond acceptors (Lipinski definition) is 4. The molecular formula is C20H33F5O4. The number of halogens is 5. The molecule has 0 aromatic carbocycles. The summed E-state index contributed by atoms with van der Waals surface area (Å²) in [7, 11) is 0. The van der Waals surface area contributed by atoms with E-state index in [0.717, 1.165) is 6.42 Å². The van der Waals surface area contributed by atoms with Gasteiger partial charge in [0.1, 0.15) is 5.60 Å². The molecule has 29 heavy (non-hydrogen) atoms. The first-order valence-corrected chi connectivity index (χ1v) is 9.94. The zero-order valence-electron chi connectivity index (χ0n) is 18.0. The van der Waals surface area contributed by atoms with Gasteiger partial charge in [0.15, 0.2) is 6.61 Å². The predicted molar refractivity (Wildman–Crippen MR) is 98.5 cm³/mol. The molecule has 0 N–H and O–H groups in total. The van der Waals surface area contributed by atoms with E-state index in [-0.39, 0.29) is 31.1 Å². The van der Waals surface area contributed by atoms with Gasteiger partial charge in [0.2, 0.25) is 0 Å². The molecule has 0 aliphatic rings. The van der Waals surface area contributed by atoms with Crippen LogP contribution in [-0.2, 0) is 19.1 Å². The van der Waals surface area contributed by atoms with E-state index in [2.05, 4.69) is 4.74 Å². The Hall–Kier alpha value is -1.41. The highest BCUT2D eigenvalue weighted by atomic mass is 19.4. The lowest BCUT2D eigenvalue weighted by atomic mass is 9.80. The largest absolute Gasteiger partial charge is 0.459 e. The van der Waals surface area contributed by atoms with Gasteiger partial charge in [-0.05, 0) is 31.1 Å². The van der Waals surface area contributed by atoms with E-state index < -0.39 is 42.2 Å². The minimum atomic E-state index is -5.82. The zero-order valence-corrected chi connectivity index (χ0v) is 18.0. The molecule has 0 spiro atoms. The second-order valence-electron chi connectivity index (χ2n) is 8.03. The van der Waals surface area contributed by atoms with Crippen LogP contribution < -0.4 is 0 Å². The second-order valence-corrected chi connectivity index (χ2v) is 8.03. The third-order valence-electron chi connectivity index (χ3n) is 5.62. The monoisotopic (exact) mass is 432 g/mol. The number of esters is 2. The van der Waals surface area contributed by atoms with E-state index in [0.29, 0.717) is 6.42 Å². The van der Waals surface area contributed by atoms with Crippen molar-refractivity contribution >= 4 is 11.9 Å². The van der Waals surface area contributed by atoms with Gasteiger partial charge in [0, 0.05) is 6.42 Å². The summed E-state index contributed by atoms with van der Waals surface area (Å²) in [6, 6.07) is 0. The van der Waals surface area contributed by atoms with Crippen LogP contribution in [0.1, 0.15) is 80.1 Å². The minimum Gasteiger partial charge on any atom is -0.459 e. The first kappa shape index (κ1) is 27.6. The van der Waals surface area contributed by atoms with E-state index >= 15 is 0 Å². The maximum atomic E-state index is 13.1. The summed E-state index contributed by atoms with van der Waals surface area (Å²) in [5.41, 5.74) is -1.40. The Balaban J connectivity index is 5.32. The van der Waals surface area contributed by atoms with Gasteiger partial charge in [-0.15, -0.1) is 0 Å². The molecular weight excluding hydrogens is 399 g/mol. The predicted octanol–water partition coefficient (Wildman–Crippen LogP) is 6.07. The molecule has 0 aliphatic heterocycles. The SMILES string of the molecule is CCC(C(=O)OCC(F)(F)C(F)(F)F)C(CC)(CC)OC(=O)CCC(C)(C)CC. The normalized spacial score (nSPS) is 14.4. The van der Waals surface area contributed by atoms with Crippen LogP contribution in [0, 0.1) is 11.3 Å². The van der Waals surface area contributed by atoms with Gasteiger partial charge in [-0.2, -0.15) is 22.0 Å². The molecule has 1 unspecified atom stereocenters. The Morgan fingerprint density at radius 2 is 1.41 bits per heavy atom. The van der Waals surface area contributed by atoms with Crippen LogP contribution in [0.25, 0.3) is 0 Å². The summed E-state index contributed by atoms with van der Waals surface area (Å²) in [6.07, 6.45) is -3.85. The van der Waals surface area contributed by atoms with Gasteiger partial charge < -0.3 is 9.47 Å². The highest BCUT2D eigenvalue weighted by Gasteiger charge is 2.59. The number of ether oxygens (including phenoxy) is 2. The molecule has 0 bridgehead atoms. The van der Waals surface area contributed by atoms with Crippen molar-refractivity contribution in [3.8, 4) is 0 Å². The summed E-state index contributed by atoms with van der Waals surface area (Å²) >= 11 is 0. The fourth-order valence-electron chi connectivity index (χ4n) is 2.95. The van der Waals surface area contributed by atoms with Crippen molar-refractivity contribution in [2.75, 3.05) is 6.61 Å². The van der Waals surface area contributed by atoms with Crippen LogP contribution in [-0.4, -0.2) is 36.2 Å².